The molecule has 4 aromatic rings. The molecule has 160 valence electrons. The first-order chi connectivity index (χ1) is 15.4. The lowest BCUT2D eigenvalue weighted by atomic mass is 10.1. The number of fused-ring (bicyclic) bond motifs is 1. The molecular weight excluding hydrogens is 417 g/mol. The Labute approximate surface area is 182 Å². The zero-order chi connectivity index (χ0) is 22.6. The van der Waals surface area contributed by atoms with Crippen LogP contribution in [0.2, 0.25) is 0 Å². The summed E-state index contributed by atoms with van der Waals surface area (Å²) in [6.45, 7) is 0. The topological polar surface area (TPSA) is 51.2 Å². The number of carbonyl (C=O) groups excluding carboxylic acids is 1. The van der Waals surface area contributed by atoms with Gasteiger partial charge in [-0.3, -0.25) is 9.78 Å². The summed E-state index contributed by atoms with van der Waals surface area (Å²) in [5.41, 5.74) is 0.778. The molecule has 0 saturated heterocycles. The molecule has 3 aromatic carbocycles. The second-order valence-corrected chi connectivity index (χ2v) is 6.86. The van der Waals surface area contributed by atoms with Gasteiger partial charge in [0.2, 0.25) is 0 Å². The molecule has 4 rings (SSSR count). The first kappa shape index (κ1) is 21.1. The summed E-state index contributed by atoms with van der Waals surface area (Å²) in [6.07, 6.45) is 0.0530. The Morgan fingerprint density at radius 1 is 0.938 bits per heavy atom. The van der Waals surface area contributed by atoms with E-state index in [4.69, 9.17) is 4.74 Å². The van der Waals surface area contributed by atoms with Crippen molar-refractivity contribution >= 4 is 22.9 Å². The van der Waals surface area contributed by atoms with Crippen LogP contribution in [0.4, 0.5) is 13.2 Å². The molecule has 1 N–H and O–H groups in total. The highest BCUT2D eigenvalue weighted by atomic mass is 19.4. The Hall–Kier alpha value is -4.13. The van der Waals surface area contributed by atoms with Crippen LogP contribution in [-0.2, 0) is 6.18 Å². The largest absolute Gasteiger partial charge is 0.455 e. The van der Waals surface area contributed by atoms with E-state index < -0.39 is 17.6 Å². The zero-order valence-electron chi connectivity index (χ0n) is 16.6. The van der Waals surface area contributed by atoms with Crippen LogP contribution in [-0.4, -0.2) is 10.9 Å². The van der Waals surface area contributed by atoms with Crippen molar-refractivity contribution in [3.8, 4) is 11.5 Å². The van der Waals surface area contributed by atoms with Crippen LogP contribution in [0.3, 0.4) is 0 Å². The predicted molar refractivity (Wildman–Crippen MR) is 116 cm³/mol. The summed E-state index contributed by atoms with van der Waals surface area (Å²) in [4.78, 5) is 17.3. The quantitative estimate of drug-likeness (QED) is 0.393. The van der Waals surface area contributed by atoms with E-state index in [0.29, 0.717) is 10.9 Å². The van der Waals surface area contributed by atoms with E-state index in [2.05, 4.69) is 10.3 Å². The van der Waals surface area contributed by atoms with E-state index in [9.17, 15) is 18.0 Å². The number of carbonyl (C=O) groups is 1. The molecule has 0 fully saturated rings. The van der Waals surface area contributed by atoms with E-state index in [1.807, 2.05) is 30.3 Å². The van der Waals surface area contributed by atoms with Crippen molar-refractivity contribution in [3.05, 3.63) is 108 Å². The molecule has 0 radical (unpaired) electrons. The molecule has 0 bridgehead atoms. The smallest absolute Gasteiger partial charge is 0.416 e. The molecule has 7 heteroatoms. The van der Waals surface area contributed by atoms with Gasteiger partial charge in [-0.2, -0.15) is 13.2 Å². The molecule has 0 atom stereocenters. The second-order valence-electron chi connectivity index (χ2n) is 6.86. The van der Waals surface area contributed by atoms with Crippen molar-refractivity contribution in [1.82, 2.24) is 10.3 Å². The molecule has 0 aliphatic heterocycles. The van der Waals surface area contributed by atoms with Crippen LogP contribution in [0.25, 0.3) is 17.0 Å². The Bertz CT molecular complexity index is 1290. The molecule has 1 amide bonds. The van der Waals surface area contributed by atoms with Gasteiger partial charge < -0.3 is 10.1 Å². The first-order valence-corrected chi connectivity index (χ1v) is 9.67. The lowest BCUT2D eigenvalue weighted by Gasteiger charge is -2.14. The molecular formula is C25H17F3N2O2. The number of aromatic nitrogens is 1. The van der Waals surface area contributed by atoms with Gasteiger partial charge >= 0.3 is 6.18 Å². The van der Waals surface area contributed by atoms with Gasteiger partial charge in [-0.1, -0.05) is 54.6 Å². The summed E-state index contributed by atoms with van der Waals surface area (Å²) in [5, 5.41) is 3.21. The highest BCUT2D eigenvalue weighted by Gasteiger charge is 2.30. The number of hydrogen-bond donors (Lipinski definition) is 1. The Kier molecular flexibility index (Phi) is 5.89. The van der Waals surface area contributed by atoms with Gasteiger partial charge in [-0.15, -0.1) is 0 Å². The standard InChI is InChI=1S/C25H17F3N2O2/c26-25(27,28)18-9-6-10-19(15-18)32-22-16-30-21-12-5-4-11-20(21)23(22)24(31)29-14-13-17-7-2-1-3-8-17/h1-16H,(H,29,31)/b14-13-. The minimum atomic E-state index is -4.51. The number of halogens is 3. The third kappa shape index (κ3) is 4.78. The predicted octanol–water partition coefficient (Wildman–Crippen LogP) is 6.45. The SMILES string of the molecule is O=C(N/C=C\c1ccccc1)c1c(Oc2cccc(C(F)(F)F)c2)cnc2ccccc12. The molecule has 1 heterocycles. The monoisotopic (exact) mass is 434 g/mol. The summed E-state index contributed by atoms with van der Waals surface area (Å²) < 4.78 is 44.9. The Morgan fingerprint density at radius 2 is 1.69 bits per heavy atom. The highest BCUT2D eigenvalue weighted by Crippen LogP contribution is 2.34. The van der Waals surface area contributed by atoms with Crippen molar-refractivity contribution < 1.29 is 22.7 Å². The molecule has 4 nitrogen and oxygen atoms in total. The third-order valence-electron chi connectivity index (χ3n) is 4.65. The van der Waals surface area contributed by atoms with Crippen molar-refractivity contribution in [2.24, 2.45) is 0 Å². The van der Waals surface area contributed by atoms with Gasteiger partial charge in [0.15, 0.2) is 5.75 Å². The number of para-hydroxylation sites is 1. The molecule has 0 aliphatic carbocycles. The molecule has 1 aromatic heterocycles. The van der Waals surface area contributed by atoms with Crippen LogP contribution in [0.1, 0.15) is 21.5 Å². The number of pyridine rings is 1. The van der Waals surface area contributed by atoms with Gasteiger partial charge in [-0.05, 0) is 35.9 Å². The van der Waals surface area contributed by atoms with Gasteiger partial charge in [0.1, 0.15) is 5.75 Å². The first-order valence-electron chi connectivity index (χ1n) is 9.67. The number of nitrogens with one attached hydrogen (secondary N) is 1. The van der Waals surface area contributed by atoms with Crippen molar-refractivity contribution in [1.29, 1.82) is 0 Å². The lowest BCUT2D eigenvalue weighted by Crippen LogP contribution is -2.18. The highest BCUT2D eigenvalue weighted by molar-refractivity contribution is 6.09. The minimum absolute atomic E-state index is 0.0497. The van der Waals surface area contributed by atoms with E-state index >= 15 is 0 Å². The minimum Gasteiger partial charge on any atom is -0.455 e. The Morgan fingerprint density at radius 3 is 2.47 bits per heavy atom. The molecule has 0 aliphatic rings. The van der Waals surface area contributed by atoms with Crippen LogP contribution in [0, 0.1) is 0 Å². The average molecular weight is 434 g/mol. The van der Waals surface area contributed by atoms with E-state index in [-0.39, 0.29) is 17.1 Å². The molecule has 32 heavy (non-hydrogen) atoms. The van der Waals surface area contributed by atoms with E-state index in [1.54, 1.807) is 30.3 Å². The van der Waals surface area contributed by atoms with Crippen LogP contribution in [0.15, 0.2) is 91.3 Å². The molecule has 0 unspecified atom stereocenters. The average Bonchev–Trinajstić information content (AvgIpc) is 2.79. The van der Waals surface area contributed by atoms with Crippen molar-refractivity contribution in [2.75, 3.05) is 0 Å². The van der Waals surface area contributed by atoms with Crippen molar-refractivity contribution in [2.45, 2.75) is 6.18 Å². The summed E-state index contributed by atoms with van der Waals surface area (Å²) in [5.74, 6) is -0.475. The summed E-state index contributed by atoms with van der Waals surface area (Å²) >= 11 is 0. The van der Waals surface area contributed by atoms with Gasteiger partial charge in [0.05, 0.1) is 22.8 Å². The maximum Gasteiger partial charge on any atom is 0.416 e. The van der Waals surface area contributed by atoms with Gasteiger partial charge in [-0.25, -0.2) is 0 Å². The number of hydrogen-bond acceptors (Lipinski definition) is 3. The fraction of sp³-hybridized carbons (Fsp3) is 0.0400. The maximum absolute atomic E-state index is 13.1. The third-order valence-corrected chi connectivity index (χ3v) is 4.65. The number of nitrogens with zero attached hydrogens (tertiary/aromatic N) is 1. The number of ether oxygens (including phenoxy) is 1. The number of alkyl halides is 3. The fourth-order valence-corrected chi connectivity index (χ4v) is 3.15. The van der Waals surface area contributed by atoms with Gasteiger partial charge in [0, 0.05) is 11.6 Å². The van der Waals surface area contributed by atoms with Crippen LogP contribution >= 0.6 is 0 Å². The second kappa shape index (κ2) is 8.93. The van der Waals surface area contributed by atoms with Crippen LogP contribution < -0.4 is 10.1 Å². The maximum atomic E-state index is 13.1. The van der Waals surface area contributed by atoms with Gasteiger partial charge in [0.25, 0.3) is 5.91 Å². The summed E-state index contributed by atoms with van der Waals surface area (Å²) in [6, 6.07) is 20.8. The zero-order valence-corrected chi connectivity index (χ0v) is 16.6. The van der Waals surface area contributed by atoms with E-state index in [1.165, 1.54) is 24.5 Å². The molecule has 0 spiro atoms. The number of benzene rings is 3. The normalized spacial score (nSPS) is 11.6. The molecule has 0 saturated carbocycles. The number of rotatable bonds is 5. The fourth-order valence-electron chi connectivity index (χ4n) is 3.15. The summed E-state index contributed by atoms with van der Waals surface area (Å²) in [7, 11) is 0. The number of amides is 1. The van der Waals surface area contributed by atoms with E-state index in [0.717, 1.165) is 17.7 Å². The van der Waals surface area contributed by atoms with Crippen LogP contribution in [0.5, 0.6) is 11.5 Å². The lowest BCUT2D eigenvalue weighted by molar-refractivity contribution is -0.137. The Balaban J connectivity index is 1.68. The van der Waals surface area contributed by atoms with Crippen molar-refractivity contribution in [3.63, 3.8) is 0 Å².